The third-order valence-electron chi connectivity index (χ3n) is 6.41. The molecule has 0 spiro atoms. The first-order valence-electron chi connectivity index (χ1n) is 10.6. The van der Waals surface area contributed by atoms with E-state index in [1.807, 2.05) is 14.1 Å². The molecule has 0 saturated heterocycles. The summed E-state index contributed by atoms with van der Waals surface area (Å²) in [5.74, 6) is 3.49. The van der Waals surface area contributed by atoms with Crippen LogP contribution in [0.25, 0.3) is 22.8 Å². The number of hydrogen-bond acceptors (Lipinski definition) is 4. The predicted octanol–water partition coefficient (Wildman–Crippen LogP) is 4.72. The van der Waals surface area contributed by atoms with Gasteiger partial charge in [-0.15, -0.1) is 20.4 Å². The summed E-state index contributed by atoms with van der Waals surface area (Å²) in [7, 11) is 4.04. The number of benzene rings is 2. The zero-order valence-corrected chi connectivity index (χ0v) is 19.7. The van der Waals surface area contributed by atoms with Crippen LogP contribution in [0.3, 0.4) is 0 Å². The van der Waals surface area contributed by atoms with Gasteiger partial charge >= 0.3 is 0 Å². The summed E-state index contributed by atoms with van der Waals surface area (Å²) in [6.45, 7) is 12.8. The number of rotatable bonds is 4. The molecule has 0 N–H and O–H groups in total. The molecule has 4 aromatic rings. The first-order chi connectivity index (χ1) is 14.7. The van der Waals surface area contributed by atoms with Gasteiger partial charge in [0.05, 0.1) is 6.42 Å². The summed E-state index contributed by atoms with van der Waals surface area (Å²) in [5.41, 5.74) is 9.74. The second kappa shape index (κ2) is 7.76. The minimum atomic E-state index is 0.570. The Kier molecular flexibility index (Phi) is 5.25. The Morgan fingerprint density at radius 2 is 0.871 bits per heavy atom. The Labute approximate surface area is 184 Å². The molecule has 0 fully saturated rings. The number of nitrogens with zero attached hydrogens (tertiary/aromatic N) is 6. The first-order valence-corrected chi connectivity index (χ1v) is 10.6. The van der Waals surface area contributed by atoms with Gasteiger partial charge < -0.3 is 9.13 Å². The quantitative estimate of drug-likeness (QED) is 0.485. The van der Waals surface area contributed by atoms with Crippen LogP contribution in [0.5, 0.6) is 0 Å². The highest BCUT2D eigenvalue weighted by Crippen LogP contribution is 2.27. The van der Waals surface area contributed by atoms with E-state index in [0.29, 0.717) is 6.42 Å². The van der Waals surface area contributed by atoms with Crippen molar-refractivity contribution in [2.75, 3.05) is 0 Å². The third-order valence-corrected chi connectivity index (χ3v) is 6.41. The molecule has 0 aliphatic rings. The monoisotopic (exact) mass is 414 g/mol. The highest BCUT2D eigenvalue weighted by Gasteiger charge is 2.18. The van der Waals surface area contributed by atoms with Gasteiger partial charge in [0.15, 0.2) is 11.6 Å². The Bertz CT molecular complexity index is 1190. The third kappa shape index (κ3) is 3.67. The predicted molar refractivity (Wildman–Crippen MR) is 124 cm³/mol. The lowest BCUT2D eigenvalue weighted by Gasteiger charge is -2.11. The highest BCUT2D eigenvalue weighted by molar-refractivity contribution is 5.64. The van der Waals surface area contributed by atoms with Crippen LogP contribution in [0.2, 0.25) is 0 Å². The molecule has 0 aliphatic carbocycles. The average Bonchev–Trinajstić information content (AvgIpc) is 3.25. The van der Waals surface area contributed by atoms with Gasteiger partial charge in [-0.05, 0) is 87.1 Å². The van der Waals surface area contributed by atoms with Gasteiger partial charge in [0.1, 0.15) is 11.6 Å². The van der Waals surface area contributed by atoms with Gasteiger partial charge in [0, 0.05) is 25.2 Å². The normalized spacial score (nSPS) is 11.4. The van der Waals surface area contributed by atoms with Crippen molar-refractivity contribution < 1.29 is 0 Å². The summed E-state index contributed by atoms with van der Waals surface area (Å²) in [6, 6.07) is 8.81. The summed E-state index contributed by atoms with van der Waals surface area (Å²) in [4.78, 5) is 0. The minimum Gasteiger partial charge on any atom is -0.314 e. The maximum absolute atomic E-state index is 4.50. The molecule has 0 unspecified atom stereocenters. The van der Waals surface area contributed by atoms with Crippen LogP contribution in [0.4, 0.5) is 0 Å². The van der Waals surface area contributed by atoms with Gasteiger partial charge in [-0.1, -0.05) is 12.1 Å². The summed E-state index contributed by atoms with van der Waals surface area (Å²) < 4.78 is 4.12. The number of hydrogen-bond donors (Lipinski definition) is 0. The van der Waals surface area contributed by atoms with Crippen molar-refractivity contribution in [1.82, 2.24) is 29.5 Å². The van der Waals surface area contributed by atoms with E-state index in [0.717, 1.165) is 34.4 Å². The molecule has 0 amide bonds. The fourth-order valence-corrected chi connectivity index (χ4v) is 4.04. The molecular formula is C25H30N6. The lowest BCUT2D eigenvalue weighted by atomic mass is 10.0. The maximum atomic E-state index is 4.50. The van der Waals surface area contributed by atoms with Crippen LogP contribution in [-0.4, -0.2) is 29.5 Å². The topological polar surface area (TPSA) is 61.4 Å². The van der Waals surface area contributed by atoms with Crippen LogP contribution < -0.4 is 0 Å². The largest absolute Gasteiger partial charge is 0.314 e. The standard InChI is InChI=1S/C25H30N6/c1-14-9-18(5)20(11-16(14)3)24-28-26-22(30(24)7)13-23-27-29-25(31(23)8)21-12-17(4)15(2)10-19(21)6/h9-12H,13H2,1-8H3. The molecule has 4 rings (SSSR count). The first kappa shape index (κ1) is 21.0. The Balaban J connectivity index is 1.68. The molecule has 2 aromatic heterocycles. The van der Waals surface area contributed by atoms with E-state index in [4.69, 9.17) is 0 Å². The van der Waals surface area contributed by atoms with E-state index >= 15 is 0 Å². The Hall–Kier alpha value is -3.28. The molecule has 2 aromatic carbocycles. The fourth-order valence-electron chi connectivity index (χ4n) is 4.04. The zero-order valence-electron chi connectivity index (χ0n) is 19.7. The second-order valence-electron chi connectivity index (χ2n) is 8.68. The van der Waals surface area contributed by atoms with E-state index in [9.17, 15) is 0 Å². The van der Waals surface area contributed by atoms with E-state index < -0.39 is 0 Å². The SMILES string of the molecule is Cc1cc(C)c(-c2nnc(Cc3nnc(-c4cc(C)c(C)cc4C)n3C)n2C)cc1C. The van der Waals surface area contributed by atoms with Crippen LogP contribution in [-0.2, 0) is 20.5 Å². The molecule has 0 radical (unpaired) electrons. The number of aromatic nitrogens is 6. The van der Waals surface area contributed by atoms with Crippen molar-refractivity contribution in [2.45, 2.75) is 48.0 Å². The minimum absolute atomic E-state index is 0.570. The van der Waals surface area contributed by atoms with Crippen molar-refractivity contribution in [3.8, 4) is 22.8 Å². The molecule has 31 heavy (non-hydrogen) atoms. The molecule has 0 bridgehead atoms. The van der Waals surface area contributed by atoms with Crippen molar-refractivity contribution >= 4 is 0 Å². The van der Waals surface area contributed by atoms with Crippen LogP contribution in [0.15, 0.2) is 24.3 Å². The fraction of sp³-hybridized carbons (Fsp3) is 0.360. The van der Waals surface area contributed by atoms with Gasteiger partial charge in [-0.2, -0.15) is 0 Å². The highest BCUT2D eigenvalue weighted by atomic mass is 15.3. The van der Waals surface area contributed by atoms with Gasteiger partial charge in [0.25, 0.3) is 0 Å². The molecule has 2 heterocycles. The van der Waals surface area contributed by atoms with E-state index in [2.05, 4.69) is 95.3 Å². The second-order valence-corrected chi connectivity index (χ2v) is 8.68. The Morgan fingerprint density at radius 3 is 1.26 bits per heavy atom. The number of aryl methyl sites for hydroxylation is 6. The lowest BCUT2D eigenvalue weighted by molar-refractivity contribution is 0.757. The lowest BCUT2D eigenvalue weighted by Crippen LogP contribution is -2.06. The molecule has 0 saturated carbocycles. The molecule has 0 atom stereocenters. The van der Waals surface area contributed by atoms with Gasteiger partial charge in [0.2, 0.25) is 0 Å². The molecule has 6 nitrogen and oxygen atoms in total. The molecular weight excluding hydrogens is 384 g/mol. The van der Waals surface area contributed by atoms with Crippen molar-refractivity contribution in [3.05, 3.63) is 69.3 Å². The Morgan fingerprint density at radius 1 is 0.516 bits per heavy atom. The van der Waals surface area contributed by atoms with E-state index in [1.54, 1.807) is 0 Å². The summed E-state index contributed by atoms with van der Waals surface area (Å²) >= 11 is 0. The van der Waals surface area contributed by atoms with Crippen molar-refractivity contribution in [1.29, 1.82) is 0 Å². The van der Waals surface area contributed by atoms with Gasteiger partial charge in [-0.3, -0.25) is 0 Å². The molecule has 160 valence electrons. The van der Waals surface area contributed by atoms with Crippen LogP contribution in [0.1, 0.15) is 45.0 Å². The summed E-state index contributed by atoms with van der Waals surface area (Å²) in [6.07, 6.45) is 0.570. The average molecular weight is 415 g/mol. The molecule has 6 heteroatoms. The van der Waals surface area contributed by atoms with Crippen molar-refractivity contribution in [2.24, 2.45) is 14.1 Å². The van der Waals surface area contributed by atoms with Crippen LogP contribution >= 0.6 is 0 Å². The van der Waals surface area contributed by atoms with Crippen LogP contribution in [0, 0.1) is 41.5 Å². The molecule has 0 aliphatic heterocycles. The van der Waals surface area contributed by atoms with Crippen molar-refractivity contribution in [3.63, 3.8) is 0 Å². The summed E-state index contributed by atoms with van der Waals surface area (Å²) in [5, 5.41) is 18.0. The zero-order chi connectivity index (χ0) is 22.4. The smallest absolute Gasteiger partial charge is 0.163 e. The maximum Gasteiger partial charge on any atom is 0.163 e. The van der Waals surface area contributed by atoms with E-state index in [1.165, 1.54) is 33.4 Å². The van der Waals surface area contributed by atoms with Gasteiger partial charge in [-0.25, -0.2) is 0 Å². The van der Waals surface area contributed by atoms with E-state index in [-0.39, 0.29) is 0 Å².